The van der Waals surface area contributed by atoms with Crippen molar-refractivity contribution in [2.24, 2.45) is 5.73 Å². The summed E-state index contributed by atoms with van der Waals surface area (Å²) in [5, 5.41) is 33.5. The average molecular weight is 493 g/mol. The molecule has 0 spiro atoms. The van der Waals surface area contributed by atoms with Crippen LogP contribution in [0.15, 0.2) is 0 Å². The van der Waals surface area contributed by atoms with Crippen LogP contribution in [0.4, 0.5) is 0 Å². The van der Waals surface area contributed by atoms with Crippen LogP contribution in [0.3, 0.4) is 0 Å². The maximum absolute atomic E-state index is 12.9. The van der Waals surface area contributed by atoms with Gasteiger partial charge in [-0.05, 0) is 12.8 Å². The molecule has 0 aromatic rings. The fourth-order valence-corrected chi connectivity index (χ4v) is 7.18. The van der Waals surface area contributed by atoms with E-state index in [4.69, 9.17) is 10.5 Å². The molecule has 3 rings (SSSR count). The number of primary amides is 1. The van der Waals surface area contributed by atoms with Crippen molar-refractivity contribution in [3.05, 3.63) is 0 Å². The van der Waals surface area contributed by atoms with E-state index in [0.29, 0.717) is 13.0 Å². The summed E-state index contributed by atoms with van der Waals surface area (Å²) in [5.41, 5.74) is 5.38. The Bertz CT molecular complexity index is 758. The van der Waals surface area contributed by atoms with Crippen molar-refractivity contribution in [1.29, 1.82) is 0 Å². The molecule has 4 unspecified atom stereocenters. The zero-order chi connectivity index (χ0) is 23.6. The van der Waals surface area contributed by atoms with Gasteiger partial charge in [0.1, 0.15) is 24.4 Å². The summed E-state index contributed by atoms with van der Waals surface area (Å²) in [4.78, 5) is 50.7. The van der Waals surface area contributed by atoms with Crippen LogP contribution in [-0.4, -0.2) is 104 Å². The first-order valence-electron chi connectivity index (χ1n) is 10.2. The molecule has 3 saturated heterocycles. The molecule has 14 heteroatoms. The Kier molecular flexibility index (Phi) is 8.41. The molecule has 32 heavy (non-hydrogen) atoms. The SMILES string of the molecule is CC(=O)NC1[C@H](NC(=O)CC2SSC(C(N)=O)C(=O)[C@@H]3CCCN23)OC(CO)[C@H](O)[C@@H]1O. The van der Waals surface area contributed by atoms with Crippen molar-refractivity contribution in [2.45, 2.75) is 73.4 Å². The first-order chi connectivity index (χ1) is 15.1. The topological polar surface area (TPSA) is 192 Å². The Hall–Kier alpha value is -1.42. The van der Waals surface area contributed by atoms with E-state index < -0.39 is 71.6 Å². The van der Waals surface area contributed by atoms with Crippen molar-refractivity contribution < 1.29 is 39.2 Å². The number of ketones is 1. The number of hydrogen-bond donors (Lipinski definition) is 6. The van der Waals surface area contributed by atoms with Gasteiger partial charge in [-0.2, -0.15) is 0 Å². The van der Waals surface area contributed by atoms with Crippen LogP contribution in [0.1, 0.15) is 26.2 Å². The van der Waals surface area contributed by atoms with E-state index in [1.807, 2.05) is 4.90 Å². The van der Waals surface area contributed by atoms with Crippen molar-refractivity contribution in [3.63, 3.8) is 0 Å². The summed E-state index contributed by atoms with van der Waals surface area (Å²) >= 11 is 0. The third-order valence-electron chi connectivity index (χ3n) is 5.73. The van der Waals surface area contributed by atoms with Crippen molar-refractivity contribution in [3.8, 4) is 0 Å². The molecule has 7 N–H and O–H groups in total. The lowest BCUT2D eigenvalue weighted by Crippen LogP contribution is -2.68. The number of amides is 3. The number of aliphatic hydroxyl groups is 3. The molecule has 3 amide bonds. The summed E-state index contributed by atoms with van der Waals surface area (Å²) in [6.45, 7) is 1.22. The second kappa shape index (κ2) is 10.7. The van der Waals surface area contributed by atoms with E-state index in [2.05, 4.69) is 10.6 Å². The Balaban J connectivity index is 1.70. The van der Waals surface area contributed by atoms with E-state index in [0.717, 1.165) is 17.2 Å². The average Bonchev–Trinajstić information content (AvgIpc) is 3.17. The van der Waals surface area contributed by atoms with Crippen LogP contribution in [0, 0.1) is 0 Å². The van der Waals surface area contributed by atoms with Crippen LogP contribution < -0.4 is 16.4 Å². The van der Waals surface area contributed by atoms with Gasteiger partial charge in [-0.3, -0.25) is 24.1 Å². The molecular formula is C18H28N4O8S2. The number of nitrogens with two attached hydrogens (primary N) is 1. The smallest absolute Gasteiger partial charge is 0.239 e. The molecule has 180 valence electrons. The molecule has 0 saturated carbocycles. The molecule has 12 nitrogen and oxygen atoms in total. The van der Waals surface area contributed by atoms with E-state index in [9.17, 15) is 34.5 Å². The quantitative estimate of drug-likeness (QED) is 0.164. The molecule has 8 atom stereocenters. The molecular weight excluding hydrogens is 464 g/mol. The van der Waals surface area contributed by atoms with Crippen LogP contribution in [-0.2, 0) is 23.9 Å². The molecule has 3 fully saturated rings. The van der Waals surface area contributed by atoms with E-state index in [1.54, 1.807) is 0 Å². The van der Waals surface area contributed by atoms with Crippen LogP contribution in [0.5, 0.6) is 0 Å². The first-order valence-corrected chi connectivity index (χ1v) is 12.5. The summed E-state index contributed by atoms with van der Waals surface area (Å²) in [6.07, 6.45) is -4.00. The Morgan fingerprint density at radius 2 is 1.94 bits per heavy atom. The molecule has 0 radical (unpaired) electrons. The van der Waals surface area contributed by atoms with Gasteiger partial charge >= 0.3 is 0 Å². The Morgan fingerprint density at radius 3 is 2.56 bits per heavy atom. The zero-order valence-corrected chi connectivity index (χ0v) is 19.0. The highest BCUT2D eigenvalue weighted by Gasteiger charge is 2.47. The van der Waals surface area contributed by atoms with Crippen LogP contribution >= 0.6 is 21.6 Å². The fraction of sp³-hybridized carbons (Fsp3) is 0.778. The number of nitrogens with zero attached hydrogens (tertiary/aromatic N) is 1. The third-order valence-corrected chi connectivity index (χ3v) is 8.74. The van der Waals surface area contributed by atoms with Gasteiger partial charge in [0.2, 0.25) is 17.7 Å². The Labute approximate surface area is 192 Å². The standard InChI is InChI=1S/C18H28N4O8S2/c1-7(24)20-12-15(28)14(27)9(6-23)30-18(12)21-10(25)5-11-22-4-2-3-8(22)13(26)16(17(19)29)32-31-11/h8-9,11-12,14-16,18,23,27-28H,2-6H2,1H3,(H2,19,29)(H,20,24)(H,21,25)/t8-,9?,11?,12?,14-,15+,16?,18+/m0/s1. The Morgan fingerprint density at radius 1 is 1.22 bits per heavy atom. The second-order valence-electron chi connectivity index (χ2n) is 7.98. The molecule has 0 aliphatic carbocycles. The number of Topliss-reactive ketones (excluding diaryl/α,β-unsaturated/α-hetero) is 1. The third kappa shape index (κ3) is 5.38. The van der Waals surface area contributed by atoms with Gasteiger partial charge in [0, 0.05) is 13.5 Å². The molecule has 3 aliphatic rings. The number of ether oxygens (including phenoxy) is 1. The number of hydrogen-bond acceptors (Lipinski definition) is 11. The van der Waals surface area contributed by atoms with E-state index >= 15 is 0 Å². The lowest BCUT2D eigenvalue weighted by Gasteiger charge is -2.42. The number of nitrogens with one attached hydrogen (secondary N) is 2. The minimum atomic E-state index is -1.48. The van der Waals surface area contributed by atoms with E-state index in [1.165, 1.54) is 17.7 Å². The van der Waals surface area contributed by atoms with Crippen LogP contribution in [0.25, 0.3) is 0 Å². The first kappa shape index (κ1) is 25.2. The molecule has 3 aliphatic heterocycles. The van der Waals surface area contributed by atoms with Gasteiger partial charge in [0.05, 0.1) is 24.4 Å². The number of rotatable bonds is 6. The lowest BCUT2D eigenvalue weighted by atomic mass is 9.96. The number of carbonyl (C=O) groups is 4. The normalized spacial score (nSPS) is 37.9. The zero-order valence-electron chi connectivity index (χ0n) is 17.4. The lowest BCUT2D eigenvalue weighted by molar-refractivity contribution is -0.203. The van der Waals surface area contributed by atoms with Crippen molar-refractivity contribution >= 4 is 45.1 Å². The van der Waals surface area contributed by atoms with Crippen LogP contribution in [0.2, 0.25) is 0 Å². The highest BCUT2D eigenvalue weighted by molar-refractivity contribution is 8.77. The van der Waals surface area contributed by atoms with Gasteiger partial charge in [-0.1, -0.05) is 21.6 Å². The largest absolute Gasteiger partial charge is 0.394 e. The highest BCUT2D eigenvalue weighted by atomic mass is 33.1. The van der Waals surface area contributed by atoms with Crippen molar-refractivity contribution in [2.75, 3.05) is 13.2 Å². The fourth-order valence-electron chi connectivity index (χ4n) is 4.19. The minimum Gasteiger partial charge on any atom is -0.394 e. The number of fused-ring (bicyclic) bond motifs is 1. The summed E-state index contributed by atoms with van der Waals surface area (Å²) in [5.74, 6) is -1.95. The highest BCUT2D eigenvalue weighted by Crippen LogP contribution is 2.42. The summed E-state index contributed by atoms with van der Waals surface area (Å²) in [7, 11) is 2.27. The molecule has 3 heterocycles. The number of carbonyl (C=O) groups excluding carboxylic acids is 4. The molecule has 0 aromatic carbocycles. The van der Waals surface area contributed by atoms with Crippen molar-refractivity contribution in [1.82, 2.24) is 15.5 Å². The van der Waals surface area contributed by atoms with Gasteiger partial charge in [0.25, 0.3) is 0 Å². The van der Waals surface area contributed by atoms with Gasteiger partial charge < -0.3 is 36.4 Å². The maximum atomic E-state index is 12.9. The second-order valence-corrected chi connectivity index (χ2v) is 10.5. The predicted molar refractivity (Wildman–Crippen MR) is 115 cm³/mol. The molecule has 0 bridgehead atoms. The molecule has 0 aromatic heterocycles. The maximum Gasteiger partial charge on any atom is 0.239 e. The monoisotopic (exact) mass is 492 g/mol. The summed E-state index contributed by atoms with van der Waals surface area (Å²) in [6, 6.07) is -1.62. The predicted octanol–water partition coefficient (Wildman–Crippen LogP) is -2.96. The van der Waals surface area contributed by atoms with Gasteiger partial charge in [0.15, 0.2) is 17.3 Å². The van der Waals surface area contributed by atoms with E-state index in [-0.39, 0.29) is 12.2 Å². The van der Waals surface area contributed by atoms with Gasteiger partial charge in [-0.25, -0.2) is 0 Å². The minimum absolute atomic E-state index is 0.0536. The van der Waals surface area contributed by atoms with Gasteiger partial charge in [-0.15, -0.1) is 0 Å². The number of aliphatic hydroxyl groups excluding tert-OH is 3. The summed E-state index contributed by atoms with van der Waals surface area (Å²) < 4.78 is 5.52.